The van der Waals surface area contributed by atoms with Crippen molar-refractivity contribution in [1.82, 2.24) is 4.98 Å². The van der Waals surface area contributed by atoms with E-state index in [4.69, 9.17) is 5.73 Å². The summed E-state index contributed by atoms with van der Waals surface area (Å²) in [6, 6.07) is 9.98. The van der Waals surface area contributed by atoms with E-state index in [1.165, 1.54) is 5.56 Å². The summed E-state index contributed by atoms with van der Waals surface area (Å²) in [5.74, 6) is 0.550. The van der Waals surface area contributed by atoms with Gasteiger partial charge in [0.25, 0.3) is 0 Å². The quantitative estimate of drug-likeness (QED) is 0.827. The number of nitrogens with zero attached hydrogens (tertiary/aromatic N) is 1. The Balaban J connectivity index is 2.43. The van der Waals surface area contributed by atoms with E-state index >= 15 is 0 Å². The minimum absolute atomic E-state index is 0.550. The smallest absolute Gasteiger partial charge is 0.147 e. The van der Waals surface area contributed by atoms with E-state index in [1.807, 2.05) is 37.3 Å². The Kier molecular flexibility index (Phi) is 3.00. The summed E-state index contributed by atoms with van der Waals surface area (Å²) in [6.45, 7) is 6.10. The second-order valence-electron chi connectivity index (χ2n) is 4.20. The Hall–Kier alpha value is -2.03. The number of pyridine rings is 1. The number of para-hydroxylation sites is 1. The van der Waals surface area contributed by atoms with E-state index in [9.17, 15) is 0 Å². The maximum absolute atomic E-state index is 5.97. The molecule has 0 saturated carbocycles. The molecule has 1 heterocycles. The molecule has 1 aromatic carbocycles. The predicted octanol–water partition coefficient (Wildman–Crippen LogP) is 3.33. The summed E-state index contributed by atoms with van der Waals surface area (Å²) in [7, 11) is 0. The highest BCUT2D eigenvalue weighted by molar-refractivity contribution is 5.74. The molecule has 17 heavy (non-hydrogen) atoms. The predicted molar refractivity (Wildman–Crippen MR) is 72.6 cm³/mol. The average molecular weight is 227 g/mol. The van der Waals surface area contributed by atoms with Crippen molar-refractivity contribution < 1.29 is 0 Å². The largest absolute Gasteiger partial charge is 0.382 e. The van der Waals surface area contributed by atoms with Gasteiger partial charge in [0, 0.05) is 11.4 Å². The molecule has 0 amide bonds. The van der Waals surface area contributed by atoms with Crippen molar-refractivity contribution in [3.05, 3.63) is 47.2 Å². The molecule has 3 nitrogen and oxygen atoms in total. The van der Waals surface area contributed by atoms with Crippen LogP contribution in [0.2, 0.25) is 0 Å². The van der Waals surface area contributed by atoms with Crippen molar-refractivity contribution in [2.75, 3.05) is 11.1 Å². The molecule has 88 valence electrons. The number of nitrogens with one attached hydrogen (secondary N) is 1. The Morgan fingerprint density at radius 1 is 1.00 bits per heavy atom. The number of hydrogen-bond acceptors (Lipinski definition) is 3. The lowest BCUT2D eigenvalue weighted by Gasteiger charge is -2.15. The first-order valence-corrected chi connectivity index (χ1v) is 5.65. The molecular weight excluding hydrogens is 210 g/mol. The molecule has 0 saturated heterocycles. The molecule has 0 aliphatic carbocycles. The van der Waals surface area contributed by atoms with E-state index in [2.05, 4.69) is 24.1 Å². The topological polar surface area (TPSA) is 50.9 Å². The molecule has 0 aliphatic heterocycles. The SMILES string of the molecule is Cc1nc(N)c(Nc2ccccc2)c(C)c1C. The van der Waals surface area contributed by atoms with E-state index in [0.29, 0.717) is 5.82 Å². The molecule has 3 heteroatoms. The van der Waals surface area contributed by atoms with Gasteiger partial charge in [0.2, 0.25) is 0 Å². The first-order chi connectivity index (χ1) is 8.09. The number of anilines is 3. The minimum Gasteiger partial charge on any atom is -0.382 e. The maximum atomic E-state index is 5.97. The second-order valence-corrected chi connectivity index (χ2v) is 4.20. The molecule has 0 bridgehead atoms. The Labute approximate surface area is 102 Å². The van der Waals surface area contributed by atoms with Crippen LogP contribution in [0.3, 0.4) is 0 Å². The minimum atomic E-state index is 0.550. The van der Waals surface area contributed by atoms with Crippen LogP contribution in [0, 0.1) is 20.8 Å². The van der Waals surface area contributed by atoms with E-state index in [0.717, 1.165) is 22.6 Å². The summed E-state index contributed by atoms with van der Waals surface area (Å²) in [5, 5.41) is 3.32. The highest BCUT2D eigenvalue weighted by atomic mass is 15.0. The van der Waals surface area contributed by atoms with E-state index in [1.54, 1.807) is 0 Å². The van der Waals surface area contributed by atoms with E-state index < -0.39 is 0 Å². The second kappa shape index (κ2) is 4.45. The highest BCUT2D eigenvalue weighted by Gasteiger charge is 2.09. The highest BCUT2D eigenvalue weighted by Crippen LogP contribution is 2.28. The van der Waals surface area contributed by atoms with Gasteiger partial charge in [-0.3, -0.25) is 0 Å². The van der Waals surface area contributed by atoms with Gasteiger partial charge in [0.1, 0.15) is 5.82 Å². The average Bonchev–Trinajstić information content (AvgIpc) is 2.33. The van der Waals surface area contributed by atoms with Gasteiger partial charge < -0.3 is 11.1 Å². The zero-order valence-electron chi connectivity index (χ0n) is 10.4. The van der Waals surface area contributed by atoms with Gasteiger partial charge in [0.05, 0.1) is 5.69 Å². The number of hydrogen-bond donors (Lipinski definition) is 2. The van der Waals surface area contributed by atoms with Crippen molar-refractivity contribution in [1.29, 1.82) is 0 Å². The molecule has 3 N–H and O–H groups in total. The van der Waals surface area contributed by atoms with Crippen LogP contribution in [0.15, 0.2) is 30.3 Å². The van der Waals surface area contributed by atoms with Crippen LogP contribution in [0.5, 0.6) is 0 Å². The number of benzene rings is 1. The number of aromatic nitrogens is 1. The van der Waals surface area contributed by atoms with Crippen LogP contribution in [-0.4, -0.2) is 4.98 Å². The van der Waals surface area contributed by atoms with Crippen LogP contribution in [0.1, 0.15) is 16.8 Å². The Morgan fingerprint density at radius 3 is 2.29 bits per heavy atom. The molecule has 0 fully saturated rings. The van der Waals surface area contributed by atoms with Crippen molar-refractivity contribution in [2.24, 2.45) is 0 Å². The number of nitrogens with two attached hydrogens (primary N) is 1. The number of nitrogen functional groups attached to an aromatic ring is 1. The fourth-order valence-electron chi connectivity index (χ4n) is 1.79. The fraction of sp³-hybridized carbons (Fsp3) is 0.214. The molecule has 0 aliphatic rings. The van der Waals surface area contributed by atoms with Crippen molar-refractivity contribution in [3.8, 4) is 0 Å². The lowest BCUT2D eigenvalue weighted by Crippen LogP contribution is -2.05. The van der Waals surface area contributed by atoms with Gasteiger partial charge in [-0.15, -0.1) is 0 Å². The van der Waals surface area contributed by atoms with Crippen molar-refractivity contribution >= 4 is 17.2 Å². The summed E-state index contributed by atoms with van der Waals surface area (Å²) in [5.41, 5.74) is 11.2. The third-order valence-electron chi connectivity index (χ3n) is 3.07. The maximum Gasteiger partial charge on any atom is 0.147 e. The summed E-state index contributed by atoms with van der Waals surface area (Å²) < 4.78 is 0. The molecule has 0 radical (unpaired) electrons. The van der Waals surface area contributed by atoms with Crippen molar-refractivity contribution in [3.63, 3.8) is 0 Å². The molecular formula is C14H17N3. The molecule has 1 aromatic heterocycles. The third-order valence-corrected chi connectivity index (χ3v) is 3.07. The standard InChI is InChI=1S/C14H17N3/c1-9-10(2)13(14(15)16-11(9)3)17-12-7-5-4-6-8-12/h4-8,17H,1-3H3,(H2,15,16). The van der Waals surface area contributed by atoms with Gasteiger partial charge in [-0.1, -0.05) is 18.2 Å². The molecule has 2 rings (SSSR count). The number of rotatable bonds is 2. The molecule has 0 atom stereocenters. The van der Waals surface area contributed by atoms with Crippen molar-refractivity contribution in [2.45, 2.75) is 20.8 Å². The molecule has 2 aromatic rings. The van der Waals surface area contributed by atoms with Crippen LogP contribution in [-0.2, 0) is 0 Å². The third kappa shape index (κ3) is 2.23. The van der Waals surface area contributed by atoms with Crippen LogP contribution >= 0.6 is 0 Å². The summed E-state index contributed by atoms with van der Waals surface area (Å²) in [6.07, 6.45) is 0. The van der Waals surface area contributed by atoms with E-state index in [-0.39, 0.29) is 0 Å². The van der Waals surface area contributed by atoms with Gasteiger partial charge in [0.15, 0.2) is 0 Å². The first-order valence-electron chi connectivity index (χ1n) is 5.65. The first kappa shape index (κ1) is 11.5. The number of aryl methyl sites for hydroxylation is 1. The monoisotopic (exact) mass is 227 g/mol. The Bertz CT molecular complexity index is 533. The molecule has 0 unspecified atom stereocenters. The fourth-order valence-corrected chi connectivity index (χ4v) is 1.79. The summed E-state index contributed by atoms with van der Waals surface area (Å²) >= 11 is 0. The Morgan fingerprint density at radius 2 is 1.65 bits per heavy atom. The van der Waals surface area contributed by atoms with Gasteiger partial charge >= 0.3 is 0 Å². The zero-order valence-corrected chi connectivity index (χ0v) is 10.4. The molecule has 0 spiro atoms. The summed E-state index contributed by atoms with van der Waals surface area (Å²) in [4.78, 5) is 4.35. The normalized spacial score (nSPS) is 10.3. The lowest BCUT2D eigenvalue weighted by atomic mass is 10.1. The van der Waals surface area contributed by atoms with Crippen LogP contribution in [0.25, 0.3) is 0 Å². The van der Waals surface area contributed by atoms with Crippen LogP contribution < -0.4 is 11.1 Å². The lowest BCUT2D eigenvalue weighted by molar-refractivity contribution is 1.13. The van der Waals surface area contributed by atoms with Crippen LogP contribution in [0.4, 0.5) is 17.2 Å². The van der Waals surface area contributed by atoms with Gasteiger partial charge in [-0.25, -0.2) is 4.98 Å². The van der Waals surface area contributed by atoms with Gasteiger partial charge in [-0.2, -0.15) is 0 Å². The zero-order chi connectivity index (χ0) is 12.4. The van der Waals surface area contributed by atoms with Gasteiger partial charge in [-0.05, 0) is 44.0 Å².